The minimum absolute atomic E-state index is 0.751. The average molecular weight is 256 g/mol. The molecule has 4 heteroatoms. The minimum atomic E-state index is -1.07. The summed E-state index contributed by atoms with van der Waals surface area (Å²) < 4.78 is 0. The van der Waals surface area contributed by atoms with Crippen LogP contribution in [0.25, 0.3) is 0 Å². The van der Waals surface area contributed by atoms with Crippen LogP contribution in [0.3, 0.4) is 0 Å². The normalized spacial score (nSPS) is 11.1. The molecule has 2 rings (SSSR count). The first kappa shape index (κ1) is 13.1. The molecule has 0 spiro atoms. The van der Waals surface area contributed by atoms with Crippen LogP contribution < -0.4 is 4.90 Å². The number of hydrogen-bond acceptors (Lipinski definition) is 3. The Morgan fingerprint density at radius 3 is 2.26 bits per heavy atom. The third-order valence-corrected chi connectivity index (χ3v) is 3.00. The highest BCUT2D eigenvalue weighted by Gasteiger charge is 2.36. The van der Waals surface area contributed by atoms with Gasteiger partial charge in [-0.05, 0) is 38.1 Å². The van der Waals surface area contributed by atoms with Crippen LogP contribution >= 0.6 is 0 Å². The van der Waals surface area contributed by atoms with Crippen LogP contribution in [0.5, 0.6) is 0 Å². The van der Waals surface area contributed by atoms with Gasteiger partial charge in [-0.3, -0.25) is 4.98 Å². The van der Waals surface area contributed by atoms with E-state index < -0.39 is 11.5 Å². The lowest BCUT2D eigenvalue weighted by atomic mass is 10.0. The Morgan fingerprint density at radius 1 is 1.11 bits per heavy atom. The zero-order valence-electron chi connectivity index (χ0n) is 10.9. The number of carboxylic acids is 1. The quantitative estimate of drug-likeness (QED) is 0.913. The fourth-order valence-corrected chi connectivity index (χ4v) is 1.95. The van der Waals surface area contributed by atoms with E-state index in [0.717, 1.165) is 11.4 Å². The molecule has 0 atom stereocenters. The van der Waals surface area contributed by atoms with Crippen molar-refractivity contribution >= 4 is 17.3 Å². The Morgan fingerprint density at radius 2 is 1.74 bits per heavy atom. The minimum Gasteiger partial charge on any atom is -0.480 e. The maximum Gasteiger partial charge on any atom is 0.329 e. The molecule has 0 unspecified atom stereocenters. The molecule has 1 N–H and O–H groups in total. The molecule has 0 saturated heterocycles. The number of aliphatic carboxylic acids is 1. The van der Waals surface area contributed by atoms with Crippen molar-refractivity contribution in [2.45, 2.75) is 19.4 Å². The number of anilines is 2. The topological polar surface area (TPSA) is 53.4 Å². The van der Waals surface area contributed by atoms with Crippen molar-refractivity contribution in [2.75, 3.05) is 4.90 Å². The van der Waals surface area contributed by atoms with Crippen molar-refractivity contribution in [3.63, 3.8) is 0 Å². The molecular formula is C15H16N2O2. The van der Waals surface area contributed by atoms with Gasteiger partial charge in [-0.15, -0.1) is 0 Å². The number of pyridine rings is 1. The fraction of sp³-hybridized carbons (Fsp3) is 0.200. The molecule has 0 saturated carbocycles. The monoisotopic (exact) mass is 256 g/mol. The highest BCUT2D eigenvalue weighted by atomic mass is 16.4. The summed E-state index contributed by atoms with van der Waals surface area (Å²) >= 11 is 0. The highest BCUT2D eigenvalue weighted by molar-refractivity contribution is 5.86. The summed E-state index contributed by atoms with van der Waals surface area (Å²) in [4.78, 5) is 17.4. The second-order valence-electron chi connectivity index (χ2n) is 4.75. The third-order valence-electron chi connectivity index (χ3n) is 3.00. The van der Waals surface area contributed by atoms with E-state index in [4.69, 9.17) is 0 Å². The Kier molecular flexibility index (Phi) is 3.51. The van der Waals surface area contributed by atoms with Gasteiger partial charge in [0.2, 0.25) is 0 Å². The zero-order chi connectivity index (χ0) is 13.9. The first-order valence-electron chi connectivity index (χ1n) is 6.02. The first-order chi connectivity index (χ1) is 9.03. The van der Waals surface area contributed by atoms with Crippen LogP contribution in [-0.4, -0.2) is 21.6 Å². The molecule has 0 aliphatic rings. The number of hydrogen-bond donors (Lipinski definition) is 1. The van der Waals surface area contributed by atoms with Crippen molar-refractivity contribution in [1.29, 1.82) is 0 Å². The maximum atomic E-state index is 11.5. The third kappa shape index (κ3) is 2.57. The molecule has 1 aromatic carbocycles. The molecule has 0 aliphatic heterocycles. The SMILES string of the molecule is CC(C)(C(=O)O)N(c1ccccc1)c1cccnc1. The number of carbonyl (C=O) groups is 1. The summed E-state index contributed by atoms with van der Waals surface area (Å²) in [5.41, 5.74) is 0.508. The van der Waals surface area contributed by atoms with Crippen LogP contribution in [0.4, 0.5) is 11.4 Å². The summed E-state index contributed by atoms with van der Waals surface area (Å²) in [6.07, 6.45) is 3.33. The lowest BCUT2D eigenvalue weighted by Gasteiger charge is -2.36. The fourth-order valence-electron chi connectivity index (χ4n) is 1.95. The van der Waals surface area contributed by atoms with E-state index in [9.17, 15) is 9.90 Å². The van der Waals surface area contributed by atoms with Crippen molar-refractivity contribution < 1.29 is 9.90 Å². The molecule has 0 aliphatic carbocycles. The van der Waals surface area contributed by atoms with Gasteiger partial charge < -0.3 is 10.0 Å². The second-order valence-corrected chi connectivity index (χ2v) is 4.75. The van der Waals surface area contributed by atoms with Gasteiger partial charge in [0.1, 0.15) is 5.54 Å². The standard InChI is InChI=1S/C15H16N2O2/c1-15(2,14(18)19)17(12-7-4-3-5-8-12)13-9-6-10-16-11-13/h3-11H,1-2H3,(H,18,19). The molecule has 2 aromatic rings. The summed E-state index contributed by atoms with van der Waals surface area (Å²) in [6, 6.07) is 13.1. The van der Waals surface area contributed by atoms with Crippen molar-refractivity contribution in [1.82, 2.24) is 4.98 Å². The van der Waals surface area contributed by atoms with E-state index in [0.29, 0.717) is 0 Å². The Bertz CT molecular complexity index is 513. The Balaban J connectivity index is 2.55. The molecule has 1 aromatic heterocycles. The number of benzene rings is 1. The van der Waals surface area contributed by atoms with E-state index >= 15 is 0 Å². The summed E-state index contributed by atoms with van der Waals surface area (Å²) in [5, 5.41) is 9.47. The van der Waals surface area contributed by atoms with Crippen molar-refractivity contribution in [2.24, 2.45) is 0 Å². The van der Waals surface area contributed by atoms with E-state index in [1.54, 1.807) is 37.2 Å². The Hall–Kier alpha value is -2.36. The van der Waals surface area contributed by atoms with Gasteiger partial charge in [-0.1, -0.05) is 18.2 Å². The van der Waals surface area contributed by atoms with E-state index in [2.05, 4.69) is 4.98 Å². The van der Waals surface area contributed by atoms with E-state index in [1.807, 2.05) is 36.4 Å². The maximum absolute atomic E-state index is 11.5. The lowest BCUT2D eigenvalue weighted by Crippen LogP contribution is -2.47. The van der Waals surface area contributed by atoms with Gasteiger partial charge in [0, 0.05) is 11.9 Å². The lowest BCUT2D eigenvalue weighted by molar-refractivity contribution is -0.141. The van der Waals surface area contributed by atoms with Gasteiger partial charge in [0.05, 0.1) is 11.9 Å². The molecule has 0 amide bonds. The number of carboxylic acid groups (broad SMARTS) is 1. The predicted octanol–water partition coefficient (Wildman–Crippen LogP) is 3.08. The molecule has 0 bridgehead atoms. The van der Waals surface area contributed by atoms with E-state index in [-0.39, 0.29) is 0 Å². The average Bonchev–Trinajstić information content (AvgIpc) is 2.41. The van der Waals surface area contributed by atoms with Gasteiger partial charge in [-0.25, -0.2) is 4.79 Å². The summed E-state index contributed by atoms with van der Waals surface area (Å²) in [5.74, 6) is -0.889. The molecule has 4 nitrogen and oxygen atoms in total. The zero-order valence-corrected chi connectivity index (χ0v) is 10.9. The molecule has 19 heavy (non-hydrogen) atoms. The van der Waals surface area contributed by atoms with Crippen LogP contribution in [0.1, 0.15) is 13.8 Å². The molecule has 98 valence electrons. The van der Waals surface area contributed by atoms with Gasteiger partial charge >= 0.3 is 5.97 Å². The van der Waals surface area contributed by atoms with Crippen molar-refractivity contribution in [3.05, 3.63) is 54.9 Å². The van der Waals surface area contributed by atoms with Gasteiger partial charge in [0.25, 0.3) is 0 Å². The molecule has 0 radical (unpaired) electrons. The largest absolute Gasteiger partial charge is 0.480 e. The van der Waals surface area contributed by atoms with Crippen LogP contribution in [0.2, 0.25) is 0 Å². The second kappa shape index (κ2) is 5.10. The number of para-hydroxylation sites is 1. The molecular weight excluding hydrogens is 240 g/mol. The molecule has 1 heterocycles. The summed E-state index contributed by atoms with van der Waals surface area (Å²) in [7, 11) is 0. The van der Waals surface area contributed by atoms with Crippen LogP contribution in [0, 0.1) is 0 Å². The smallest absolute Gasteiger partial charge is 0.329 e. The predicted molar refractivity (Wildman–Crippen MR) is 74.5 cm³/mol. The highest BCUT2D eigenvalue weighted by Crippen LogP contribution is 2.32. The van der Waals surface area contributed by atoms with E-state index in [1.165, 1.54) is 0 Å². The Labute approximate surface area is 112 Å². The van der Waals surface area contributed by atoms with Crippen LogP contribution in [-0.2, 0) is 4.79 Å². The number of rotatable bonds is 4. The van der Waals surface area contributed by atoms with Gasteiger partial charge in [0.15, 0.2) is 0 Å². The van der Waals surface area contributed by atoms with Crippen molar-refractivity contribution in [3.8, 4) is 0 Å². The number of nitrogens with zero attached hydrogens (tertiary/aromatic N) is 2. The first-order valence-corrected chi connectivity index (χ1v) is 6.02. The van der Waals surface area contributed by atoms with Crippen LogP contribution in [0.15, 0.2) is 54.9 Å². The molecule has 0 fully saturated rings. The number of aromatic nitrogens is 1. The van der Waals surface area contributed by atoms with Gasteiger partial charge in [-0.2, -0.15) is 0 Å². The summed E-state index contributed by atoms with van der Waals surface area (Å²) in [6.45, 7) is 3.35.